The standard InChI is InChI=1S/4C9H10.Li.H/c4*1-8(2)9-6-4-3-5-7-9;;/h4*3-7H,1H2,2H3;;/q;;;;+1;-1. The predicted molar refractivity (Wildman–Crippen MR) is 166 cm³/mol. The van der Waals surface area contributed by atoms with Gasteiger partial charge in [-0.3, -0.25) is 0 Å². The van der Waals surface area contributed by atoms with Crippen LogP contribution in [0.15, 0.2) is 148 Å². The van der Waals surface area contributed by atoms with Gasteiger partial charge in [0.25, 0.3) is 0 Å². The molecule has 4 aromatic carbocycles. The van der Waals surface area contributed by atoms with E-state index in [0.717, 1.165) is 22.3 Å². The van der Waals surface area contributed by atoms with E-state index < -0.39 is 0 Å². The summed E-state index contributed by atoms with van der Waals surface area (Å²) in [6.45, 7) is 23.3. The van der Waals surface area contributed by atoms with Gasteiger partial charge in [0, 0.05) is 0 Å². The second-order valence-electron chi connectivity index (χ2n) is 8.59. The van der Waals surface area contributed by atoms with E-state index in [-0.39, 0.29) is 20.3 Å². The average molecular weight is 481 g/mol. The van der Waals surface area contributed by atoms with Crippen LogP contribution in [-0.4, -0.2) is 0 Å². The maximum atomic E-state index is 3.83. The third-order valence-corrected chi connectivity index (χ3v) is 5.07. The van der Waals surface area contributed by atoms with Crippen LogP contribution in [0.4, 0.5) is 0 Å². The molecule has 0 spiro atoms. The quantitative estimate of drug-likeness (QED) is 0.260. The number of hydrogen-bond acceptors (Lipinski definition) is 0. The molecule has 0 aliphatic rings. The smallest absolute Gasteiger partial charge is 1.00 e. The van der Waals surface area contributed by atoms with Crippen molar-refractivity contribution in [1.29, 1.82) is 0 Å². The van der Waals surface area contributed by atoms with E-state index in [1.165, 1.54) is 22.3 Å². The zero-order chi connectivity index (χ0) is 26.8. The molecule has 186 valence electrons. The Labute approximate surface area is 239 Å². The van der Waals surface area contributed by atoms with Gasteiger partial charge in [-0.1, -0.05) is 170 Å². The second kappa shape index (κ2) is 19.6. The van der Waals surface area contributed by atoms with E-state index in [9.17, 15) is 0 Å². The fourth-order valence-corrected chi connectivity index (χ4v) is 2.89. The molecule has 0 aromatic heterocycles. The first-order valence-corrected chi connectivity index (χ1v) is 12.1. The van der Waals surface area contributed by atoms with E-state index in [2.05, 4.69) is 74.8 Å². The molecule has 0 atom stereocenters. The average Bonchev–Trinajstić information content (AvgIpc) is 2.92. The fraction of sp³-hybridized carbons (Fsp3) is 0.111. The maximum absolute atomic E-state index is 3.83. The second-order valence-corrected chi connectivity index (χ2v) is 8.59. The van der Waals surface area contributed by atoms with Crippen molar-refractivity contribution in [1.82, 2.24) is 0 Å². The van der Waals surface area contributed by atoms with Crippen molar-refractivity contribution >= 4 is 22.3 Å². The number of benzene rings is 4. The predicted octanol–water partition coefficient (Wildman–Crippen LogP) is 8.00. The molecular weight excluding hydrogens is 439 g/mol. The summed E-state index contributed by atoms with van der Waals surface area (Å²) in [6.07, 6.45) is 0. The van der Waals surface area contributed by atoms with Crippen molar-refractivity contribution in [3.63, 3.8) is 0 Å². The van der Waals surface area contributed by atoms with E-state index in [0.29, 0.717) is 0 Å². The van der Waals surface area contributed by atoms with Crippen LogP contribution < -0.4 is 18.9 Å². The van der Waals surface area contributed by atoms with Crippen LogP contribution >= 0.6 is 0 Å². The Morgan fingerprint density at radius 3 is 0.568 bits per heavy atom. The molecule has 1 heteroatoms. The Morgan fingerprint density at radius 1 is 0.351 bits per heavy atom. The van der Waals surface area contributed by atoms with Crippen LogP contribution in [0.1, 0.15) is 51.4 Å². The minimum absolute atomic E-state index is 0. The molecule has 0 radical (unpaired) electrons. The number of allylic oxidation sites excluding steroid dienone is 4. The number of rotatable bonds is 4. The molecule has 0 nitrogen and oxygen atoms in total. The minimum atomic E-state index is 0. The van der Waals surface area contributed by atoms with Crippen molar-refractivity contribution in [2.45, 2.75) is 27.7 Å². The van der Waals surface area contributed by atoms with Gasteiger partial charge >= 0.3 is 18.9 Å². The molecular formula is C36H41Li. The van der Waals surface area contributed by atoms with Crippen LogP contribution in [0, 0.1) is 0 Å². The van der Waals surface area contributed by atoms with Gasteiger partial charge in [-0.25, -0.2) is 0 Å². The fourth-order valence-electron chi connectivity index (χ4n) is 2.89. The summed E-state index contributed by atoms with van der Waals surface area (Å²) in [7, 11) is 0. The van der Waals surface area contributed by atoms with Crippen molar-refractivity contribution < 1.29 is 20.3 Å². The topological polar surface area (TPSA) is 0 Å². The molecule has 0 aliphatic heterocycles. The molecule has 0 N–H and O–H groups in total. The van der Waals surface area contributed by atoms with Crippen molar-refractivity contribution in [3.8, 4) is 0 Å². The first kappa shape index (κ1) is 33.4. The van der Waals surface area contributed by atoms with Gasteiger partial charge in [0.1, 0.15) is 0 Å². The zero-order valence-electron chi connectivity index (χ0n) is 24.4. The summed E-state index contributed by atoms with van der Waals surface area (Å²) in [6, 6.07) is 40.6. The van der Waals surface area contributed by atoms with Crippen LogP contribution in [0.3, 0.4) is 0 Å². The largest absolute Gasteiger partial charge is 1.00 e. The van der Waals surface area contributed by atoms with Gasteiger partial charge in [0.15, 0.2) is 0 Å². The molecule has 0 saturated heterocycles. The first-order valence-electron chi connectivity index (χ1n) is 12.1. The minimum Gasteiger partial charge on any atom is -1.00 e. The Morgan fingerprint density at radius 2 is 0.486 bits per heavy atom. The molecule has 0 amide bonds. The molecule has 0 aliphatic carbocycles. The van der Waals surface area contributed by atoms with Crippen molar-refractivity contribution in [3.05, 3.63) is 170 Å². The van der Waals surface area contributed by atoms with Gasteiger partial charge in [-0.2, -0.15) is 0 Å². The molecule has 0 unspecified atom stereocenters. The molecule has 0 heterocycles. The van der Waals surface area contributed by atoms with Crippen LogP contribution in [0.25, 0.3) is 22.3 Å². The van der Waals surface area contributed by atoms with Gasteiger partial charge in [0.2, 0.25) is 0 Å². The van der Waals surface area contributed by atoms with E-state index in [1.807, 2.05) is 100 Å². The van der Waals surface area contributed by atoms with Crippen LogP contribution in [-0.2, 0) is 0 Å². The normalized spacial score (nSPS) is 8.76. The van der Waals surface area contributed by atoms with E-state index in [4.69, 9.17) is 0 Å². The molecule has 0 fully saturated rings. The van der Waals surface area contributed by atoms with E-state index in [1.54, 1.807) is 0 Å². The number of hydrogen-bond donors (Lipinski definition) is 0. The third kappa shape index (κ3) is 15.2. The van der Waals surface area contributed by atoms with Crippen LogP contribution in [0.5, 0.6) is 0 Å². The van der Waals surface area contributed by atoms with Crippen molar-refractivity contribution in [2.24, 2.45) is 0 Å². The molecule has 4 aromatic rings. The maximum Gasteiger partial charge on any atom is 1.00 e. The molecule has 0 saturated carbocycles. The van der Waals surface area contributed by atoms with E-state index >= 15 is 0 Å². The molecule has 37 heavy (non-hydrogen) atoms. The summed E-state index contributed by atoms with van der Waals surface area (Å²) in [5, 5.41) is 0. The first-order chi connectivity index (χ1) is 17.2. The summed E-state index contributed by atoms with van der Waals surface area (Å²) in [4.78, 5) is 0. The Kier molecular flexibility index (Phi) is 17.7. The zero-order valence-corrected chi connectivity index (χ0v) is 23.4. The summed E-state index contributed by atoms with van der Waals surface area (Å²) < 4.78 is 0. The monoisotopic (exact) mass is 480 g/mol. The Hall–Kier alpha value is -3.56. The van der Waals surface area contributed by atoms with Gasteiger partial charge in [-0.15, -0.1) is 0 Å². The Bertz CT molecular complexity index is 997. The summed E-state index contributed by atoms with van der Waals surface area (Å²) in [5.74, 6) is 0. The Balaban J connectivity index is 0. The van der Waals surface area contributed by atoms with Gasteiger partial charge < -0.3 is 1.43 Å². The third-order valence-electron chi connectivity index (χ3n) is 5.07. The summed E-state index contributed by atoms with van der Waals surface area (Å²) >= 11 is 0. The van der Waals surface area contributed by atoms with Crippen LogP contribution in [0.2, 0.25) is 0 Å². The summed E-state index contributed by atoms with van der Waals surface area (Å²) in [5.41, 5.74) is 9.36. The van der Waals surface area contributed by atoms with Gasteiger partial charge in [0.05, 0.1) is 0 Å². The molecule has 0 bridgehead atoms. The van der Waals surface area contributed by atoms with Crippen molar-refractivity contribution in [2.75, 3.05) is 0 Å². The SMILES string of the molecule is C=C(C)c1ccccc1.C=C(C)c1ccccc1.C=C(C)c1ccccc1.C=C(C)c1ccccc1.[H-].[Li+]. The van der Waals surface area contributed by atoms with Gasteiger partial charge in [-0.05, 0) is 49.9 Å². The molecule has 4 rings (SSSR count).